The van der Waals surface area contributed by atoms with Gasteiger partial charge in [-0.2, -0.15) is 0 Å². The molecule has 2 aromatic carbocycles. The summed E-state index contributed by atoms with van der Waals surface area (Å²) < 4.78 is 26.9. The number of aromatic nitrogens is 1. The van der Waals surface area contributed by atoms with Crippen molar-refractivity contribution in [2.24, 2.45) is 0 Å². The molecule has 154 valence electrons. The lowest BCUT2D eigenvalue weighted by Gasteiger charge is -2.07. The average Bonchev–Trinajstić information content (AvgIpc) is 3.21. The molecule has 30 heavy (non-hydrogen) atoms. The molecule has 0 spiro atoms. The number of carbonyl (C=O) groups is 2. The second-order valence-corrected chi connectivity index (χ2v) is 8.84. The van der Waals surface area contributed by atoms with Gasteiger partial charge in [-0.3, -0.25) is 14.3 Å². The molecule has 0 bridgehead atoms. The Balaban J connectivity index is 1.66. The van der Waals surface area contributed by atoms with Gasteiger partial charge in [0.2, 0.25) is 5.78 Å². The number of nitrogens with one attached hydrogen (secondary N) is 2. The van der Waals surface area contributed by atoms with Crippen LogP contribution in [0, 0.1) is 0 Å². The zero-order valence-electron chi connectivity index (χ0n) is 15.1. The van der Waals surface area contributed by atoms with Gasteiger partial charge in [0, 0.05) is 33.9 Å². The van der Waals surface area contributed by atoms with Gasteiger partial charge in [-0.1, -0.05) is 11.6 Å². The number of halogens is 1. The molecule has 3 rings (SSSR count). The maximum Gasteiger partial charge on any atom is 0.296 e. The molecule has 0 unspecified atom stereocenters. The third-order valence-corrected chi connectivity index (χ3v) is 6.13. The average molecular weight is 464 g/mol. The van der Waals surface area contributed by atoms with Crippen LogP contribution < -0.4 is 10.0 Å². The van der Waals surface area contributed by atoms with Crippen LogP contribution in [-0.2, 0) is 19.6 Å². The summed E-state index contributed by atoms with van der Waals surface area (Å²) in [6.07, 6.45) is 2.26. The van der Waals surface area contributed by atoms with Crippen LogP contribution in [0.4, 0.5) is 10.8 Å². The van der Waals surface area contributed by atoms with Crippen molar-refractivity contribution in [3.05, 3.63) is 76.8 Å². The molecule has 1 aromatic heterocycles. The predicted octanol–water partition coefficient (Wildman–Crippen LogP) is 3.70. The van der Waals surface area contributed by atoms with Crippen LogP contribution >= 0.6 is 22.9 Å². The third-order valence-electron chi connectivity index (χ3n) is 3.71. The fourth-order valence-corrected chi connectivity index (χ4v) is 4.17. The number of ketones is 1. The molecular weight excluding hydrogens is 450 g/mol. The molecule has 0 saturated heterocycles. The third kappa shape index (κ3) is 5.44. The Hall–Kier alpha value is -3.21. The van der Waals surface area contributed by atoms with Crippen LogP contribution in [0.2, 0.25) is 5.02 Å². The Bertz CT molecular complexity index is 1190. The fraction of sp³-hybridized carbons (Fsp3) is 0. The van der Waals surface area contributed by atoms with Gasteiger partial charge in [-0.25, -0.2) is 13.4 Å². The summed E-state index contributed by atoms with van der Waals surface area (Å²) in [6, 6.07) is 11.3. The van der Waals surface area contributed by atoms with E-state index in [1.54, 1.807) is 5.38 Å². The second-order valence-electron chi connectivity index (χ2n) is 5.82. The maximum atomic E-state index is 12.3. The van der Waals surface area contributed by atoms with E-state index in [0.717, 1.165) is 17.4 Å². The molecule has 1 amide bonds. The van der Waals surface area contributed by atoms with Crippen LogP contribution in [0.5, 0.6) is 0 Å². The van der Waals surface area contributed by atoms with E-state index >= 15 is 0 Å². The zero-order valence-corrected chi connectivity index (χ0v) is 17.5. The van der Waals surface area contributed by atoms with E-state index in [9.17, 15) is 23.1 Å². The molecule has 3 aromatic rings. The summed E-state index contributed by atoms with van der Waals surface area (Å²) in [6.45, 7) is 0. The van der Waals surface area contributed by atoms with Gasteiger partial charge in [-0.15, -0.1) is 11.3 Å². The molecule has 11 heteroatoms. The highest BCUT2D eigenvalue weighted by molar-refractivity contribution is 7.93. The zero-order chi connectivity index (χ0) is 21.7. The van der Waals surface area contributed by atoms with Gasteiger partial charge in [0.05, 0.1) is 4.90 Å². The molecule has 3 N–H and O–H groups in total. The number of aliphatic hydroxyl groups is 1. The minimum atomic E-state index is -3.83. The first-order chi connectivity index (χ1) is 14.2. The van der Waals surface area contributed by atoms with Crippen molar-refractivity contribution in [1.82, 2.24) is 4.98 Å². The number of amides is 1. The Morgan fingerprint density at radius 1 is 1.07 bits per heavy atom. The van der Waals surface area contributed by atoms with Gasteiger partial charge in [0.1, 0.15) is 5.76 Å². The number of nitrogens with zero attached hydrogens (tertiary/aromatic N) is 1. The van der Waals surface area contributed by atoms with E-state index in [0.29, 0.717) is 10.6 Å². The lowest BCUT2D eigenvalue weighted by Crippen LogP contribution is -2.21. The number of carbonyl (C=O) groups excluding carboxylic acids is 2. The van der Waals surface area contributed by atoms with Crippen molar-refractivity contribution < 1.29 is 23.1 Å². The van der Waals surface area contributed by atoms with Crippen LogP contribution in [0.1, 0.15) is 5.56 Å². The lowest BCUT2D eigenvalue weighted by molar-refractivity contribution is -0.131. The fourth-order valence-electron chi connectivity index (χ4n) is 2.25. The van der Waals surface area contributed by atoms with Crippen molar-refractivity contribution in [2.75, 3.05) is 10.0 Å². The molecule has 0 aliphatic carbocycles. The van der Waals surface area contributed by atoms with E-state index in [1.165, 1.54) is 54.7 Å². The Labute approximate surface area is 180 Å². The Morgan fingerprint density at radius 3 is 2.33 bits per heavy atom. The summed E-state index contributed by atoms with van der Waals surface area (Å²) in [5.74, 6) is -2.36. The first-order valence-corrected chi connectivity index (χ1v) is 11.0. The van der Waals surface area contributed by atoms with Gasteiger partial charge in [0.25, 0.3) is 15.9 Å². The largest absolute Gasteiger partial charge is 0.507 e. The molecular formula is C19H14ClN3O5S2. The maximum absolute atomic E-state index is 12.3. The molecule has 0 atom stereocenters. The van der Waals surface area contributed by atoms with Crippen LogP contribution in [0.3, 0.4) is 0 Å². The monoisotopic (exact) mass is 463 g/mol. The molecule has 8 nitrogen and oxygen atoms in total. The smallest absolute Gasteiger partial charge is 0.296 e. The van der Waals surface area contributed by atoms with Gasteiger partial charge < -0.3 is 10.4 Å². The molecule has 0 aliphatic rings. The van der Waals surface area contributed by atoms with Crippen LogP contribution in [-0.4, -0.2) is 30.2 Å². The summed E-state index contributed by atoms with van der Waals surface area (Å²) in [5.41, 5.74) is 0.531. The number of sulfonamides is 1. The van der Waals surface area contributed by atoms with E-state index in [4.69, 9.17) is 11.6 Å². The minimum Gasteiger partial charge on any atom is -0.507 e. The number of thiazole rings is 1. The summed E-state index contributed by atoms with van der Waals surface area (Å²) in [7, 11) is -3.83. The molecule has 0 saturated carbocycles. The predicted molar refractivity (Wildman–Crippen MR) is 115 cm³/mol. The van der Waals surface area contributed by atoms with Crippen molar-refractivity contribution in [2.45, 2.75) is 4.90 Å². The highest BCUT2D eigenvalue weighted by Crippen LogP contribution is 2.20. The van der Waals surface area contributed by atoms with E-state index in [2.05, 4.69) is 15.0 Å². The van der Waals surface area contributed by atoms with Gasteiger partial charge >= 0.3 is 0 Å². The molecule has 0 radical (unpaired) electrons. The molecule has 0 fully saturated rings. The number of benzene rings is 2. The summed E-state index contributed by atoms with van der Waals surface area (Å²) >= 11 is 6.90. The first-order valence-electron chi connectivity index (χ1n) is 8.29. The van der Waals surface area contributed by atoms with Gasteiger partial charge in [0.15, 0.2) is 5.13 Å². The highest BCUT2D eigenvalue weighted by atomic mass is 35.5. The minimum absolute atomic E-state index is 0.0395. The summed E-state index contributed by atoms with van der Waals surface area (Å²) in [4.78, 5) is 27.9. The van der Waals surface area contributed by atoms with E-state index < -0.39 is 21.7 Å². The quantitative estimate of drug-likeness (QED) is 0.278. The highest BCUT2D eigenvalue weighted by Gasteiger charge is 2.17. The number of anilines is 2. The molecule has 1 heterocycles. The summed E-state index contributed by atoms with van der Waals surface area (Å²) in [5, 5.41) is 14.6. The SMILES string of the molecule is O=C(/C=C(\O)c1ccc(Cl)cc1)C(=O)Nc1ccc(S(=O)(=O)Nc2nccs2)cc1. The number of hydrogen-bond acceptors (Lipinski definition) is 7. The second kappa shape index (κ2) is 9.08. The standard InChI is InChI=1S/C19H14ClN3O5S2/c20-13-3-1-12(2-4-13)16(24)11-17(25)18(26)22-14-5-7-15(8-6-14)30(27,28)23-19-21-9-10-29-19/h1-11,24H,(H,21,23)(H,22,26)/b16-11-. The van der Waals surface area contributed by atoms with Crippen molar-refractivity contribution in [1.29, 1.82) is 0 Å². The number of rotatable bonds is 7. The van der Waals surface area contributed by atoms with E-state index in [-0.39, 0.29) is 21.5 Å². The molecule has 0 aliphatic heterocycles. The van der Waals surface area contributed by atoms with Crippen LogP contribution in [0.15, 0.2) is 71.1 Å². The Kier molecular flexibility index (Phi) is 6.50. The first kappa shape index (κ1) is 21.5. The van der Waals surface area contributed by atoms with Crippen LogP contribution in [0.25, 0.3) is 5.76 Å². The van der Waals surface area contributed by atoms with E-state index in [1.807, 2.05) is 0 Å². The van der Waals surface area contributed by atoms with Crippen molar-refractivity contribution in [3.63, 3.8) is 0 Å². The number of hydrogen-bond donors (Lipinski definition) is 3. The van der Waals surface area contributed by atoms with Crippen molar-refractivity contribution in [3.8, 4) is 0 Å². The number of aliphatic hydroxyl groups excluding tert-OH is 1. The van der Waals surface area contributed by atoms with Crippen molar-refractivity contribution >= 4 is 61.2 Å². The Morgan fingerprint density at radius 2 is 1.73 bits per heavy atom. The lowest BCUT2D eigenvalue weighted by atomic mass is 10.1. The van der Waals surface area contributed by atoms with Gasteiger partial charge in [-0.05, 0) is 48.5 Å². The normalized spacial score (nSPS) is 11.7. The topological polar surface area (TPSA) is 125 Å².